The average Bonchev–Trinajstić information content (AvgIpc) is 2.75. The number of nitrogens with one attached hydrogen (secondary N) is 1. The second-order valence-corrected chi connectivity index (χ2v) is 5.83. The van der Waals surface area contributed by atoms with E-state index in [4.69, 9.17) is 0 Å². The van der Waals surface area contributed by atoms with E-state index in [1.165, 1.54) is 12.5 Å². The van der Waals surface area contributed by atoms with Crippen LogP contribution in [0.3, 0.4) is 0 Å². The highest BCUT2D eigenvalue weighted by molar-refractivity contribution is 6.02. The van der Waals surface area contributed by atoms with Gasteiger partial charge in [0.1, 0.15) is 5.69 Å². The normalized spacial score (nSPS) is 10.6. The minimum atomic E-state index is -0.103. The molecule has 4 heteroatoms. The Morgan fingerprint density at radius 3 is 2.18 bits per heavy atom. The van der Waals surface area contributed by atoms with Crippen molar-refractivity contribution in [2.45, 2.75) is 34.2 Å². The van der Waals surface area contributed by atoms with E-state index in [2.05, 4.69) is 4.98 Å². The lowest BCUT2D eigenvalue weighted by molar-refractivity contribution is 0.0779. The van der Waals surface area contributed by atoms with E-state index in [9.17, 15) is 9.59 Å². The van der Waals surface area contributed by atoms with Crippen LogP contribution in [0.4, 0.5) is 0 Å². The van der Waals surface area contributed by atoms with Gasteiger partial charge in [-0.3, -0.25) is 9.59 Å². The number of rotatable bonds is 4. The quantitative estimate of drug-likeness (QED) is 0.879. The molecule has 0 aliphatic rings. The number of H-pyrrole nitrogens is 1. The zero-order chi connectivity index (χ0) is 16.4. The number of hydrogen-bond acceptors (Lipinski definition) is 2. The van der Waals surface area contributed by atoms with Gasteiger partial charge >= 0.3 is 0 Å². The maximum absolute atomic E-state index is 12.6. The van der Waals surface area contributed by atoms with Crippen molar-refractivity contribution in [2.24, 2.45) is 0 Å². The average molecular weight is 298 g/mol. The number of Topliss-reactive ketones (excluding diaryl/α,β-unsaturated/α-hetero) is 1. The molecule has 1 N–H and O–H groups in total. The van der Waals surface area contributed by atoms with Crippen LogP contribution < -0.4 is 0 Å². The van der Waals surface area contributed by atoms with Crippen LogP contribution in [0.1, 0.15) is 50.2 Å². The maximum Gasteiger partial charge on any atom is 0.270 e. The van der Waals surface area contributed by atoms with Gasteiger partial charge in [0.25, 0.3) is 5.91 Å². The van der Waals surface area contributed by atoms with Gasteiger partial charge in [-0.2, -0.15) is 0 Å². The molecule has 0 saturated heterocycles. The van der Waals surface area contributed by atoms with Gasteiger partial charge in [0.15, 0.2) is 5.78 Å². The molecule has 0 fully saturated rings. The molecule has 0 spiro atoms. The molecule has 0 bridgehead atoms. The molecule has 1 aromatic heterocycles. The van der Waals surface area contributed by atoms with Crippen molar-refractivity contribution in [3.8, 4) is 0 Å². The molecular weight excluding hydrogens is 276 g/mol. The first kappa shape index (κ1) is 16.0. The predicted octanol–water partition coefficient (Wildman–Crippen LogP) is 3.41. The third-order valence-electron chi connectivity index (χ3n) is 3.89. The summed E-state index contributed by atoms with van der Waals surface area (Å²) in [5.74, 6) is -0.125. The van der Waals surface area contributed by atoms with Crippen LogP contribution in [-0.4, -0.2) is 28.6 Å². The number of aromatic amines is 1. The summed E-state index contributed by atoms with van der Waals surface area (Å²) in [6.45, 7) is 7.72. The molecule has 0 unspecified atom stereocenters. The van der Waals surface area contributed by atoms with E-state index in [0.717, 1.165) is 16.8 Å². The molecule has 116 valence electrons. The minimum absolute atomic E-state index is 0.0218. The molecule has 0 aliphatic carbocycles. The first-order valence-electron chi connectivity index (χ1n) is 7.32. The molecule has 22 heavy (non-hydrogen) atoms. The molecule has 1 heterocycles. The summed E-state index contributed by atoms with van der Waals surface area (Å²) >= 11 is 0. The van der Waals surface area contributed by atoms with Crippen LogP contribution in [-0.2, 0) is 6.54 Å². The summed E-state index contributed by atoms with van der Waals surface area (Å²) in [7, 11) is 1.77. The Bertz CT molecular complexity index is 711. The molecule has 1 amide bonds. The Labute approximate surface area is 131 Å². The predicted molar refractivity (Wildman–Crippen MR) is 87.2 cm³/mol. The van der Waals surface area contributed by atoms with Gasteiger partial charge in [-0.15, -0.1) is 0 Å². The molecule has 4 nitrogen and oxygen atoms in total. The van der Waals surface area contributed by atoms with Crippen LogP contribution in [0.15, 0.2) is 24.3 Å². The van der Waals surface area contributed by atoms with Gasteiger partial charge in [-0.1, -0.05) is 29.8 Å². The van der Waals surface area contributed by atoms with Crippen LogP contribution in [0.2, 0.25) is 0 Å². The minimum Gasteiger partial charge on any atom is -0.354 e. The third-order valence-corrected chi connectivity index (χ3v) is 3.89. The number of benzene rings is 1. The molecule has 0 atom stereocenters. The van der Waals surface area contributed by atoms with Gasteiger partial charge in [-0.05, 0) is 38.8 Å². The van der Waals surface area contributed by atoms with Gasteiger partial charge in [0.05, 0.1) is 0 Å². The molecule has 2 rings (SSSR count). The number of carbonyl (C=O) groups is 2. The third kappa shape index (κ3) is 3.11. The zero-order valence-electron chi connectivity index (χ0n) is 13.8. The molecule has 0 saturated carbocycles. The Kier molecular flexibility index (Phi) is 4.50. The summed E-state index contributed by atoms with van der Waals surface area (Å²) in [4.78, 5) is 29.0. The van der Waals surface area contributed by atoms with Crippen molar-refractivity contribution < 1.29 is 9.59 Å². The number of carbonyl (C=O) groups excluding carboxylic acids is 2. The van der Waals surface area contributed by atoms with E-state index in [0.29, 0.717) is 17.8 Å². The molecule has 0 radical (unpaired) electrons. The number of nitrogens with zero attached hydrogens (tertiary/aromatic N) is 1. The van der Waals surface area contributed by atoms with E-state index in [1.54, 1.807) is 11.9 Å². The number of amides is 1. The van der Waals surface area contributed by atoms with Crippen LogP contribution in [0.25, 0.3) is 0 Å². The van der Waals surface area contributed by atoms with E-state index >= 15 is 0 Å². The maximum atomic E-state index is 12.6. The number of aryl methyl sites for hydroxylation is 2. The fourth-order valence-corrected chi connectivity index (χ4v) is 2.72. The highest BCUT2D eigenvalue weighted by atomic mass is 16.2. The zero-order valence-corrected chi connectivity index (χ0v) is 13.8. The first-order chi connectivity index (χ1) is 10.3. The summed E-state index contributed by atoms with van der Waals surface area (Å²) in [6.07, 6.45) is 0. The second-order valence-electron chi connectivity index (χ2n) is 5.83. The fourth-order valence-electron chi connectivity index (χ4n) is 2.72. The monoisotopic (exact) mass is 298 g/mol. The lowest BCUT2D eigenvalue weighted by Gasteiger charge is -2.17. The van der Waals surface area contributed by atoms with Crippen molar-refractivity contribution in [2.75, 3.05) is 7.05 Å². The summed E-state index contributed by atoms with van der Waals surface area (Å²) < 4.78 is 0. The highest BCUT2D eigenvalue weighted by Crippen LogP contribution is 2.20. The highest BCUT2D eigenvalue weighted by Gasteiger charge is 2.22. The Balaban J connectivity index is 2.22. The van der Waals surface area contributed by atoms with Gasteiger partial charge in [-0.25, -0.2) is 0 Å². The lowest BCUT2D eigenvalue weighted by Crippen LogP contribution is -2.27. The van der Waals surface area contributed by atoms with Crippen molar-refractivity contribution in [1.29, 1.82) is 0 Å². The SMILES string of the molecule is CC(=O)c1c(C)[nH]c(C(=O)N(C)Cc2ccc(C)cc2)c1C. The Hall–Kier alpha value is -2.36. The lowest BCUT2D eigenvalue weighted by atomic mass is 10.1. The second kappa shape index (κ2) is 6.18. The largest absolute Gasteiger partial charge is 0.354 e. The summed E-state index contributed by atoms with van der Waals surface area (Å²) in [5, 5.41) is 0. The van der Waals surface area contributed by atoms with Gasteiger partial charge in [0, 0.05) is 24.8 Å². The standard InChI is InChI=1S/C18H22N2O2/c1-11-6-8-15(9-7-11)10-20(5)18(22)17-12(2)16(14(4)21)13(3)19-17/h6-9,19H,10H2,1-5H3. The number of aromatic nitrogens is 1. The van der Waals surface area contributed by atoms with Crippen LogP contribution in [0.5, 0.6) is 0 Å². The van der Waals surface area contributed by atoms with Crippen LogP contribution >= 0.6 is 0 Å². The summed E-state index contributed by atoms with van der Waals surface area (Å²) in [5.41, 5.74) is 4.86. The smallest absolute Gasteiger partial charge is 0.270 e. The van der Waals surface area contributed by atoms with Gasteiger partial charge < -0.3 is 9.88 Å². The van der Waals surface area contributed by atoms with Gasteiger partial charge in [0.2, 0.25) is 0 Å². The Morgan fingerprint density at radius 2 is 1.68 bits per heavy atom. The van der Waals surface area contributed by atoms with E-state index in [-0.39, 0.29) is 11.7 Å². The molecule has 0 aliphatic heterocycles. The fraction of sp³-hybridized carbons (Fsp3) is 0.333. The van der Waals surface area contributed by atoms with Crippen LogP contribution in [0, 0.1) is 20.8 Å². The molecular formula is C18H22N2O2. The first-order valence-corrected chi connectivity index (χ1v) is 7.32. The van der Waals surface area contributed by atoms with E-state index in [1.807, 2.05) is 45.0 Å². The van der Waals surface area contributed by atoms with Crippen molar-refractivity contribution in [3.05, 3.63) is 57.9 Å². The van der Waals surface area contributed by atoms with Crippen molar-refractivity contribution in [1.82, 2.24) is 9.88 Å². The summed E-state index contributed by atoms with van der Waals surface area (Å²) in [6, 6.07) is 8.11. The Morgan fingerprint density at radius 1 is 1.09 bits per heavy atom. The molecule has 1 aromatic carbocycles. The topological polar surface area (TPSA) is 53.2 Å². The van der Waals surface area contributed by atoms with Crippen molar-refractivity contribution >= 4 is 11.7 Å². The number of hydrogen-bond donors (Lipinski definition) is 1. The molecule has 2 aromatic rings. The van der Waals surface area contributed by atoms with Crippen molar-refractivity contribution in [3.63, 3.8) is 0 Å². The van der Waals surface area contributed by atoms with E-state index < -0.39 is 0 Å². The number of ketones is 1.